The Labute approximate surface area is 124 Å². The summed E-state index contributed by atoms with van der Waals surface area (Å²) in [7, 11) is 1.69. The van der Waals surface area contributed by atoms with Crippen LogP contribution in [0.25, 0.3) is 0 Å². The van der Waals surface area contributed by atoms with Gasteiger partial charge in [-0.3, -0.25) is 0 Å². The van der Waals surface area contributed by atoms with Crippen LogP contribution in [0.4, 0.5) is 0 Å². The smallest absolute Gasteiger partial charge is 0.197 e. The fraction of sp³-hybridized carbons (Fsp3) is 0.375. The molecule has 1 N–H and O–H groups in total. The summed E-state index contributed by atoms with van der Waals surface area (Å²) < 4.78 is 10.6. The van der Waals surface area contributed by atoms with Crippen molar-refractivity contribution in [1.82, 2.24) is 5.32 Å². The van der Waals surface area contributed by atoms with Crippen LogP contribution in [-0.2, 0) is 6.42 Å². The second-order valence-electron chi connectivity index (χ2n) is 4.67. The number of rotatable bonds is 7. The van der Waals surface area contributed by atoms with Crippen molar-refractivity contribution in [3.8, 4) is 5.75 Å². The standard InChI is InChI=1S/C16H20ClNO2/c1-3-9-18-14(13-8-10-20-16(13)17)11-12-6-4-5-7-15(12)19-2/h4-8,10,14,18H,3,9,11H2,1-2H3. The van der Waals surface area contributed by atoms with Crippen LogP contribution in [0, 0.1) is 0 Å². The van der Waals surface area contributed by atoms with Crippen LogP contribution in [0.5, 0.6) is 5.75 Å². The van der Waals surface area contributed by atoms with Crippen molar-refractivity contribution in [3.63, 3.8) is 0 Å². The van der Waals surface area contributed by atoms with Crippen molar-refractivity contribution in [2.75, 3.05) is 13.7 Å². The van der Waals surface area contributed by atoms with Gasteiger partial charge in [0.2, 0.25) is 0 Å². The molecule has 0 saturated carbocycles. The third-order valence-electron chi connectivity index (χ3n) is 3.28. The first-order valence-corrected chi connectivity index (χ1v) is 7.22. The third kappa shape index (κ3) is 3.56. The summed E-state index contributed by atoms with van der Waals surface area (Å²) in [5.74, 6) is 0.899. The monoisotopic (exact) mass is 293 g/mol. The first-order valence-electron chi connectivity index (χ1n) is 6.84. The predicted molar refractivity (Wildman–Crippen MR) is 81.5 cm³/mol. The zero-order valence-corrected chi connectivity index (χ0v) is 12.6. The van der Waals surface area contributed by atoms with Crippen molar-refractivity contribution in [2.24, 2.45) is 0 Å². The number of furan rings is 1. The molecule has 0 amide bonds. The largest absolute Gasteiger partial charge is 0.496 e. The summed E-state index contributed by atoms with van der Waals surface area (Å²) in [6.07, 6.45) is 3.50. The molecule has 2 rings (SSSR count). The molecule has 0 radical (unpaired) electrons. The SMILES string of the molecule is CCCNC(Cc1ccccc1OC)c1ccoc1Cl. The van der Waals surface area contributed by atoms with E-state index in [1.807, 2.05) is 24.3 Å². The Morgan fingerprint density at radius 3 is 2.75 bits per heavy atom. The zero-order chi connectivity index (χ0) is 14.4. The van der Waals surface area contributed by atoms with E-state index in [4.69, 9.17) is 20.8 Å². The van der Waals surface area contributed by atoms with Gasteiger partial charge >= 0.3 is 0 Å². The Kier molecular flexibility index (Phi) is 5.50. The first kappa shape index (κ1) is 14.9. The molecular weight excluding hydrogens is 274 g/mol. The molecule has 3 nitrogen and oxygen atoms in total. The maximum Gasteiger partial charge on any atom is 0.197 e. The lowest BCUT2D eigenvalue weighted by molar-refractivity contribution is 0.405. The van der Waals surface area contributed by atoms with Gasteiger partial charge in [0.05, 0.1) is 13.4 Å². The number of para-hydroxylation sites is 1. The van der Waals surface area contributed by atoms with E-state index < -0.39 is 0 Å². The normalized spacial score (nSPS) is 12.3. The van der Waals surface area contributed by atoms with Crippen LogP contribution in [-0.4, -0.2) is 13.7 Å². The molecule has 4 heteroatoms. The van der Waals surface area contributed by atoms with Crippen molar-refractivity contribution >= 4 is 11.6 Å². The van der Waals surface area contributed by atoms with E-state index in [0.717, 1.165) is 36.3 Å². The molecule has 20 heavy (non-hydrogen) atoms. The summed E-state index contributed by atoms with van der Waals surface area (Å²) in [6, 6.07) is 10.1. The highest BCUT2D eigenvalue weighted by atomic mass is 35.5. The van der Waals surface area contributed by atoms with Crippen LogP contribution in [0.3, 0.4) is 0 Å². The van der Waals surface area contributed by atoms with Gasteiger partial charge in [0.1, 0.15) is 5.75 Å². The van der Waals surface area contributed by atoms with E-state index in [0.29, 0.717) is 5.22 Å². The molecule has 0 fully saturated rings. The molecule has 0 aliphatic rings. The molecule has 0 spiro atoms. The second kappa shape index (κ2) is 7.36. The van der Waals surface area contributed by atoms with Gasteiger partial charge in [-0.15, -0.1) is 0 Å². The van der Waals surface area contributed by atoms with Crippen LogP contribution in [0.15, 0.2) is 41.0 Å². The van der Waals surface area contributed by atoms with Gasteiger partial charge in [0, 0.05) is 11.6 Å². The Morgan fingerprint density at radius 2 is 2.10 bits per heavy atom. The molecule has 108 valence electrons. The van der Waals surface area contributed by atoms with Gasteiger partial charge in [-0.25, -0.2) is 0 Å². The fourth-order valence-corrected chi connectivity index (χ4v) is 2.50. The van der Waals surface area contributed by atoms with Crippen LogP contribution >= 0.6 is 11.6 Å². The van der Waals surface area contributed by atoms with Gasteiger partial charge in [0.25, 0.3) is 0 Å². The predicted octanol–water partition coefficient (Wildman–Crippen LogP) is 4.23. The maximum absolute atomic E-state index is 6.12. The van der Waals surface area contributed by atoms with E-state index in [2.05, 4.69) is 18.3 Å². The van der Waals surface area contributed by atoms with Gasteiger partial charge in [-0.2, -0.15) is 0 Å². The van der Waals surface area contributed by atoms with E-state index in [1.165, 1.54) is 0 Å². The topological polar surface area (TPSA) is 34.4 Å². The quantitative estimate of drug-likeness (QED) is 0.830. The summed E-state index contributed by atoms with van der Waals surface area (Å²) in [5, 5.41) is 3.96. The molecule has 1 aromatic heterocycles. The van der Waals surface area contributed by atoms with Gasteiger partial charge in [-0.1, -0.05) is 25.1 Å². The van der Waals surface area contributed by atoms with Crippen molar-refractivity contribution in [2.45, 2.75) is 25.8 Å². The number of ether oxygens (including phenoxy) is 1. The van der Waals surface area contributed by atoms with Gasteiger partial charge < -0.3 is 14.5 Å². The molecule has 1 atom stereocenters. The molecule has 0 bridgehead atoms. The number of methoxy groups -OCH3 is 1. The Morgan fingerprint density at radius 1 is 1.30 bits per heavy atom. The highest BCUT2D eigenvalue weighted by Crippen LogP contribution is 2.29. The van der Waals surface area contributed by atoms with E-state index >= 15 is 0 Å². The lowest BCUT2D eigenvalue weighted by Gasteiger charge is -2.19. The van der Waals surface area contributed by atoms with Crippen LogP contribution in [0.1, 0.15) is 30.5 Å². The lowest BCUT2D eigenvalue weighted by Crippen LogP contribution is -2.24. The van der Waals surface area contributed by atoms with Crippen LogP contribution in [0.2, 0.25) is 5.22 Å². The number of nitrogens with one attached hydrogen (secondary N) is 1. The van der Waals surface area contributed by atoms with Crippen molar-refractivity contribution < 1.29 is 9.15 Å². The van der Waals surface area contributed by atoms with E-state index in [1.54, 1.807) is 13.4 Å². The average Bonchev–Trinajstić information content (AvgIpc) is 2.90. The minimum absolute atomic E-state index is 0.123. The second-order valence-corrected chi connectivity index (χ2v) is 5.02. The van der Waals surface area contributed by atoms with Gasteiger partial charge in [0.15, 0.2) is 5.22 Å². The van der Waals surface area contributed by atoms with Gasteiger partial charge in [-0.05, 0) is 48.7 Å². The molecule has 1 unspecified atom stereocenters. The third-order valence-corrected chi connectivity index (χ3v) is 3.59. The molecule has 0 saturated heterocycles. The zero-order valence-electron chi connectivity index (χ0n) is 11.9. The number of hydrogen-bond acceptors (Lipinski definition) is 3. The molecule has 1 heterocycles. The van der Waals surface area contributed by atoms with Crippen molar-refractivity contribution in [3.05, 3.63) is 52.9 Å². The molecule has 1 aromatic carbocycles. The van der Waals surface area contributed by atoms with E-state index in [9.17, 15) is 0 Å². The first-order chi connectivity index (χ1) is 9.76. The highest BCUT2D eigenvalue weighted by molar-refractivity contribution is 6.29. The molecular formula is C16H20ClNO2. The molecule has 0 aliphatic heterocycles. The summed E-state index contributed by atoms with van der Waals surface area (Å²) in [4.78, 5) is 0. The number of hydrogen-bond donors (Lipinski definition) is 1. The van der Waals surface area contributed by atoms with Crippen LogP contribution < -0.4 is 10.1 Å². The van der Waals surface area contributed by atoms with E-state index in [-0.39, 0.29) is 6.04 Å². The summed E-state index contributed by atoms with van der Waals surface area (Å²) in [5.41, 5.74) is 2.15. The maximum atomic E-state index is 6.12. The fourth-order valence-electron chi connectivity index (χ4n) is 2.26. The number of benzene rings is 1. The Hall–Kier alpha value is -1.45. The van der Waals surface area contributed by atoms with Crippen molar-refractivity contribution in [1.29, 1.82) is 0 Å². The Bertz CT molecular complexity index is 539. The molecule has 2 aromatic rings. The average molecular weight is 294 g/mol. The lowest BCUT2D eigenvalue weighted by atomic mass is 10.00. The minimum atomic E-state index is 0.123. The molecule has 0 aliphatic carbocycles. The minimum Gasteiger partial charge on any atom is -0.496 e. The highest BCUT2D eigenvalue weighted by Gasteiger charge is 2.18. The Balaban J connectivity index is 2.21. The number of halogens is 1. The summed E-state index contributed by atoms with van der Waals surface area (Å²) >= 11 is 6.12. The summed E-state index contributed by atoms with van der Waals surface area (Å²) in [6.45, 7) is 3.07.